The van der Waals surface area contributed by atoms with Crippen LogP contribution in [0.4, 0.5) is 13.2 Å². The molecule has 0 bridgehead atoms. The largest absolute Gasteiger partial charge is 0.598 e. The summed E-state index contributed by atoms with van der Waals surface area (Å²) in [6, 6.07) is 8.99. The SMILES string of the molecule is CC[S+]([O-])N[C@H]1[C@@H](F)CN(C(=O)C2CC2)[C@H]1Cc1cccc(-c2cc(F)ccc2F)c1. The summed E-state index contributed by atoms with van der Waals surface area (Å²) in [7, 11) is 0. The van der Waals surface area contributed by atoms with Crippen molar-refractivity contribution in [2.45, 2.75) is 44.4 Å². The van der Waals surface area contributed by atoms with Crippen molar-refractivity contribution in [3.8, 4) is 11.1 Å². The van der Waals surface area contributed by atoms with Crippen LogP contribution in [-0.2, 0) is 22.6 Å². The van der Waals surface area contributed by atoms with Gasteiger partial charge in [0.2, 0.25) is 5.91 Å². The van der Waals surface area contributed by atoms with Gasteiger partial charge in [-0.1, -0.05) is 24.3 Å². The molecule has 2 aliphatic rings. The molecule has 1 heterocycles. The highest BCUT2D eigenvalue weighted by Gasteiger charge is 2.49. The van der Waals surface area contributed by atoms with Crippen LogP contribution >= 0.6 is 0 Å². The first-order valence-electron chi connectivity index (χ1n) is 10.5. The molecule has 4 nitrogen and oxygen atoms in total. The van der Waals surface area contributed by atoms with Crippen molar-refractivity contribution >= 4 is 17.3 Å². The molecule has 0 aromatic heterocycles. The number of halogens is 3. The Kier molecular flexibility index (Phi) is 6.60. The molecule has 0 spiro atoms. The summed E-state index contributed by atoms with van der Waals surface area (Å²) in [5.41, 5.74) is 1.42. The normalized spacial score (nSPS) is 24.4. The fraction of sp³-hybridized carbons (Fsp3) is 0.435. The van der Waals surface area contributed by atoms with Crippen LogP contribution in [0.3, 0.4) is 0 Å². The van der Waals surface area contributed by atoms with Crippen molar-refractivity contribution in [3.63, 3.8) is 0 Å². The minimum absolute atomic E-state index is 0.0310. The molecular formula is C23H25F3N2O2S. The van der Waals surface area contributed by atoms with Crippen molar-refractivity contribution in [2.75, 3.05) is 12.3 Å². The molecule has 1 unspecified atom stereocenters. The molecule has 1 aliphatic heterocycles. The lowest BCUT2D eigenvalue weighted by molar-refractivity contribution is -0.133. The second kappa shape index (κ2) is 9.22. The first-order valence-corrected chi connectivity index (χ1v) is 11.8. The van der Waals surface area contributed by atoms with Crippen LogP contribution in [0.1, 0.15) is 25.3 Å². The summed E-state index contributed by atoms with van der Waals surface area (Å²) in [5.74, 6) is -0.859. The zero-order chi connectivity index (χ0) is 22.1. The van der Waals surface area contributed by atoms with Gasteiger partial charge in [-0.25, -0.2) is 13.2 Å². The highest BCUT2D eigenvalue weighted by atomic mass is 32.2. The van der Waals surface area contributed by atoms with Crippen LogP contribution in [0.15, 0.2) is 42.5 Å². The van der Waals surface area contributed by atoms with Crippen molar-refractivity contribution in [1.82, 2.24) is 9.62 Å². The molecule has 2 aromatic rings. The highest BCUT2D eigenvalue weighted by Crippen LogP contribution is 2.36. The van der Waals surface area contributed by atoms with E-state index in [4.69, 9.17) is 0 Å². The molecule has 4 rings (SSSR count). The van der Waals surface area contributed by atoms with Crippen LogP contribution in [0.2, 0.25) is 0 Å². The first-order chi connectivity index (χ1) is 14.9. The third-order valence-corrected chi connectivity index (χ3v) is 6.99. The van der Waals surface area contributed by atoms with E-state index in [9.17, 15) is 22.5 Å². The van der Waals surface area contributed by atoms with Gasteiger partial charge < -0.3 is 9.45 Å². The van der Waals surface area contributed by atoms with Gasteiger partial charge in [0.15, 0.2) is 0 Å². The minimum atomic E-state index is -1.40. The lowest BCUT2D eigenvalue weighted by Crippen LogP contribution is -2.50. The summed E-state index contributed by atoms with van der Waals surface area (Å²) in [6.07, 6.45) is 0.619. The maximum atomic E-state index is 14.9. The number of likely N-dealkylation sites (tertiary alicyclic amines) is 1. The van der Waals surface area contributed by atoms with E-state index < -0.39 is 41.3 Å². The second-order valence-electron chi connectivity index (χ2n) is 8.15. The Balaban J connectivity index is 1.62. The molecule has 1 N–H and O–H groups in total. The van der Waals surface area contributed by atoms with Crippen molar-refractivity contribution in [1.29, 1.82) is 0 Å². The molecule has 2 fully saturated rings. The van der Waals surface area contributed by atoms with Crippen LogP contribution < -0.4 is 4.72 Å². The molecule has 2 aromatic carbocycles. The zero-order valence-electron chi connectivity index (χ0n) is 17.2. The number of carbonyl (C=O) groups is 1. The molecule has 31 heavy (non-hydrogen) atoms. The topological polar surface area (TPSA) is 55.4 Å². The number of benzene rings is 2. The van der Waals surface area contributed by atoms with Gasteiger partial charge in [0.1, 0.15) is 29.6 Å². The van der Waals surface area contributed by atoms with E-state index in [2.05, 4.69) is 4.72 Å². The molecule has 8 heteroatoms. The second-order valence-corrected chi connectivity index (χ2v) is 9.66. The van der Waals surface area contributed by atoms with E-state index in [1.807, 2.05) is 6.07 Å². The summed E-state index contributed by atoms with van der Waals surface area (Å²) in [5, 5.41) is 0. The van der Waals surface area contributed by atoms with E-state index in [-0.39, 0.29) is 23.9 Å². The summed E-state index contributed by atoms with van der Waals surface area (Å²) in [6.45, 7) is 1.71. The van der Waals surface area contributed by atoms with Crippen LogP contribution in [0.5, 0.6) is 0 Å². The number of rotatable bonds is 7. The average molecular weight is 451 g/mol. The predicted octanol–water partition coefficient (Wildman–Crippen LogP) is 3.78. The molecule has 1 saturated heterocycles. The monoisotopic (exact) mass is 450 g/mol. The maximum absolute atomic E-state index is 14.9. The van der Waals surface area contributed by atoms with Gasteiger partial charge >= 0.3 is 0 Å². The number of nitrogens with zero attached hydrogens (tertiary/aromatic N) is 1. The zero-order valence-corrected chi connectivity index (χ0v) is 18.0. The summed E-state index contributed by atoms with van der Waals surface area (Å²) < 4.78 is 57.7. The van der Waals surface area contributed by atoms with Gasteiger partial charge in [0.05, 0.1) is 12.6 Å². The number of carbonyl (C=O) groups excluding carboxylic acids is 1. The third kappa shape index (κ3) is 4.91. The Labute approximate surface area is 183 Å². The van der Waals surface area contributed by atoms with E-state index in [1.54, 1.807) is 30.0 Å². The van der Waals surface area contributed by atoms with Crippen molar-refractivity contribution in [2.24, 2.45) is 5.92 Å². The molecule has 4 atom stereocenters. The van der Waals surface area contributed by atoms with E-state index in [0.717, 1.165) is 36.6 Å². The van der Waals surface area contributed by atoms with Gasteiger partial charge in [0, 0.05) is 22.8 Å². The van der Waals surface area contributed by atoms with Crippen LogP contribution in [0.25, 0.3) is 11.1 Å². The quantitative estimate of drug-likeness (QED) is 0.654. The van der Waals surface area contributed by atoms with Gasteiger partial charge in [-0.3, -0.25) is 4.79 Å². The third-order valence-electron chi connectivity index (χ3n) is 5.93. The van der Waals surface area contributed by atoms with E-state index >= 15 is 0 Å². The Hall–Kier alpha value is -2.03. The van der Waals surface area contributed by atoms with Crippen molar-refractivity contribution in [3.05, 3.63) is 59.7 Å². The predicted molar refractivity (Wildman–Crippen MR) is 114 cm³/mol. The highest BCUT2D eigenvalue weighted by molar-refractivity contribution is 7.89. The smallest absolute Gasteiger partial charge is 0.226 e. The van der Waals surface area contributed by atoms with Crippen LogP contribution in [0, 0.1) is 17.6 Å². The number of hydrogen-bond donors (Lipinski definition) is 1. The Morgan fingerprint density at radius 3 is 2.71 bits per heavy atom. The first kappa shape index (κ1) is 22.2. The fourth-order valence-electron chi connectivity index (χ4n) is 4.14. The van der Waals surface area contributed by atoms with Crippen LogP contribution in [-0.4, -0.2) is 45.9 Å². The lowest BCUT2D eigenvalue weighted by Gasteiger charge is -2.28. The Morgan fingerprint density at radius 2 is 2.00 bits per heavy atom. The van der Waals surface area contributed by atoms with Gasteiger partial charge in [-0.15, -0.1) is 4.72 Å². The minimum Gasteiger partial charge on any atom is -0.598 e. The molecule has 166 valence electrons. The fourth-order valence-corrected chi connectivity index (χ4v) is 4.92. The number of alkyl halides is 1. The lowest BCUT2D eigenvalue weighted by atomic mass is 9.96. The molecular weight excluding hydrogens is 425 g/mol. The summed E-state index contributed by atoms with van der Waals surface area (Å²) >= 11 is -1.40. The maximum Gasteiger partial charge on any atom is 0.226 e. The van der Waals surface area contributed by atoms with E-state index in [1.165, 1.54) is 0 Å². The van der Waals surface area contributed by atoms with Gasteiger partial charge in [0.25, 0.3) is 0 Å². The average Bonchev–Trinajstić information content (AvgIpc) is 3.57. The summed E-state index contributed by atoms with van der Waals surface area (Å²) in [4.78, 5) is 14.4. The Morgan fingerprint density at radius 1 is 1.23 bits per heavy atom. The van der Waals surface area contributed by atoms with Gasteiger partial charge in [-0.2, -0.15) is 0 Å². The number of amides is 1. The molecule has 1 saturated carbocycles. The standard InChI is InChI=1S/C23H25F3N2O2S/c1-2-31(30)27-22-20(26)13-28(23(29)15-6-7-15)21(22)11-14-4-3-5-16(10-14)18-12-17(24)8-9-19(18)25/h3-5,8-10,12,15,20-22,27H,2,6-7,11,13H2,1H3/t20-,21-,22-,31?/m0/s1. The van der Waals surface area contributed by atoms with Gasteiger partial charge in [-0.05, 0) is 55.5 Å². The van der Waals surface area contributed by atoms with E-state index in [0.29, 0.717) is 17.7 Å². The molecule has 1 aliphatic carbocycles. The molecule has 0 radical (unpaired) electrons. The van der Waals surface area contributed by atoms with Crippen molar-refractivity contribution < 1.29 is 22.5 Å². The number of hydrogen-bond acceptors (Lipinski definition) is 3. The Bertz CT molecular complexity index is 956. The number of nitrogens with one attached hydrogen (secondary N) is 1. The molecule has 1 amide bonds.